The molecule has 8 heteroatoms. The van der Waals surface area contributed by atoms with Gasteiger partial charge in [0.1, 0.15) is 16.7 Å². The van der Waals surface area contributed by atoms with E-state index in [0.717, 1.165) is 11.3 Å². The van der Waals surface area contributed by atoms with Gasteiger partial charge in [-0.1, -0.05) is 0 Å². The molecule has 2 rings (SSSR count). The third kappa shape index (κ3) is 4.75. The van der Waals surface area contributed by atoms with Crippen LogP contribution in [0.4, 0.5) is 0 Å². The normalized spacial score (nSPS) is 11.0. The van der Waals surface area contributed by atoms with Crippen molar-refractivity contribution >= 4 is 35.1 Å². The van der Waals surface area contributed by atoms with Gasteiger partial charge in [-0.2, -0.15) is 5.26 Å². The van der Waals surface area contributed by atoms with Gasteiger partial charge in [-0.25, -0.2) is 9.59 Å². The molecule has 2 aromatic heterocycles. The summed E-state index contributed by atoms with van der Waals surface area (Å²) in [5.74, 6) is -1.32. The number of nitriles is 1. The topological polar surface area (TPSA) is 107 Å². The number of furan rings is 1. The largest absolute Gasteiger partial charge is 0.465 e. The van der Waals surface area contributed by atoms with Crippen LogP contribution >= 0.6 is 11.3 Å². The first-order valence-electron chi connectivity index (χ1n) is 8.57. The maximum absolute atomic E-state index is 12.6. The molecule has 0 aliphatic carbocycles. The minimum absolute atomic E-state index is 0.117. The lowest BCUT2D eigenvalue weighted by atomic mass is 10.0. The number of esters is 2. The molecule has 0 aliphatic heterocycles. The van der Waals surface area contributed by atoms with Gasteiger partial charge in [0.05, 0.1) is 30.6 Å². The molecule has 0 aliphatic rings. The first-order chi connectivity index (χ1) is 13.4. The van der Waals surface area contributed by atoms with Crippen LogP contribution in [0.15, 0.2) is 28.4 Å². The molecule has 7 nitrogen and oxygen atoms in total. The van der Waals surface area contributed by atoms with E-state index in [1.165, 1.54) is 12.3 Å². The Labute approximate surface area is 166 Å². The van der Waals surface area contributed by atoms with Crippen LogP contribution in [0.2, 0.25) is 0 Å². The third-order valence-electron chi connectivity index (χ3n) is 3.73. The van der Waals surface area contributed by atoms with Gasteiger partial charge in [0, 0.05) is 17.4 Å². The minimum Gasteiger partial charge on any atom is -0.465 e. The smallest absolute Gasteiger partial charge is 0.348 e. The Kier molecular flexibility index (Phi) is 7.29. The quantitative estimate of drug-likeness (QED) is 0.377. The first kappa shape index (κ1) is 21.1. The number of nitrogens with zero attached hydrogens (tertiary/aromatic N) is 1. The highest BCUT2D eigenvalue weighted by atomic mass is 32.1. The molecular weight excluding hydrogens is 382 g/mol. The van der Waals surface area contributed by atoms with E-state index >= 15 is 0 Å². The average Bonchev–Trinajstić information content (AvgIpc) is 3.27. The van der Waals surface area contributed by atoms with Crippen LogP contribution in [-0.2, 0) is 20.7 Å². The summed E-state index contributed by atoms with van der Waals surface area (Å²) in [6.07, 6.45) is 2.54. The van der Waals surface area contributed by atoms with Crippen molar-refractivity contribution in [3.8, 4) is 6.07 Å². The summed E-state index contributed by atoms with van der Waals surface area (Å²) in [5, 5.41) is 9.31. The summed E-state index contributed by atoms with van der Waals surface area (Å²) in [4.78, 5) is 37.8. The van der Waals surface area contributed by atoms with Gasteiger partial charge in [0.15, 0.2) is 5.78 Å². The van der Waals surface area contributed by atoms with Crippen molar-refractivity contribution in [1.29, 1.82) is 5.26 Å². The van der Waals surface area contributed by atoms with Crippen LogP contribution in [0.1, 0.15) is 50.1 Å². The maximum Gasteiger partial charge on any atom is 0.348 e. The molecule has 0 radical (unpaired) electrons. The number of carbonyl (C=O) groups excluding carboxylic acids is 3. The predicted octanol–water partition coefficient (Wildman–Crippen LogP) is 3.72. The van der Waals surface area contributed by atoms with E-state index in [2.05, 4.69) is 0 Å². The summed E-state index contributed by atoms with van der Waals surface area (Å²) in [5.41, 5.74) is 0.449. The summed E-state index contributed by atoms with van der Waals surface area (Å²) in [7, 11) is 0. The molecule has 0 unspecified atom stereocenters. The zero-order valence-corrected chi connectivity index (χ0v) is 16.6. The van der Waals surface area contributed by atoms with Gasteiger partial charge in [-0.3, -0.25) is 4.79 Å². The van der Waals surface area contributed by atoms with E-state index in [-0.39, 0.29) is 35.6 Å². The fraction of sp³-hybridized carbons (Fsp3) is 0.300. The fourth-order valence-electron chi connectivity index (χ4n) is 2.49. The summed E-state index contributed by atoms with van der Waals surface area (Å²) in [6, 6.07) is 5.10. The van der Waals surface area contributed by atoms with Gasteiger partial charge in [-0.05, 0) is 38.5 Å². The molecule has 146 valence electrons. The van der Waals surface area contributed by atoms with Gasteiger partial charge >= 0.3 is 11.9 Å². The van der Waals surface area contributed by atoms with Crippen LogP contribution in [0.25, 0.3) is 6.08 Å². The molecule has 0 saturated carbocycles. The van der Waals surface area contributed by atoms with Crippen molar-refractivity contribution in [1.82, 2.24) is 0 Å². The van der Waals surface area contributed by atoms with Crippen molar-refractivity contribution in [2.24, 2.45) is 0 Å². The molecular formula is C20H19NO6S. The van der Waals surface area contributed by atoms with Crippen LogP contribution in [0, 0.1) is 18.3 Å². The Balaban J connectivity index is 2.41. The second kappa shape index (κ2) is 9.67. The lowest BCUT2D eigenvalue weighted by Gasteiger charge is -2.05. The monoisotopic (exact) mass is 401 g/mol. The summed E-state index contributed by atoms with van der Waals surface area (Å²) in [6.45, 7) is 5.28. The fourth-order valence-corrected chi connectivity index (χ4v) is 3.68. The predicted molar refractivity (Wildman–Crippen MR) is 102 cm³/mol. The molecule has 0 aromatic carbocycles. The van der Waals surface area contributed by atoms with E-state index in [0.29, 0.717) is 16.2 Å². The number of ketones is 1. The zero-order valence-electron chi connectivity index (χ0n) is 15.7. The molecule has 0 spiro atoms. The number of hydrogen-bond acceptors (Lipinski definition) is 8. The SMILES string of the molecule is CCOC(=O)c1sc(CC(=O)C(C#N)=Cc2ccco2)c(C(=O)OCC)c1C. The van der Waals surface area contributed by atoms with E-state index in [1.807, 2.05) is 6.07 Å². The molecule has 2 heterocycles. The zero-order chi connectivity index (χ0) is 20.7. The minimum atomic E-state index is -0.622. The van der Waals surface area contributed by atoms with E-state index < -0.39 is 17.7 Å². The van der Waals surface area contributed by atoms with Crippen molar-refractivity contribution < 1.29 is 28.3 Å². The highest BCUT2D eigenvalue weighted by molar-refractivity contribution is 7.14. The van der Waals surface area contributed by atoms with E-state index in [1.54, 1.807) is 32.9 Å². The Morgan fingerprint density at radius 1 is 1.21 bits per heavy atom. The van der Waals surface area contributed by atoms with Crippen LogP contribution in [-0.4, -0.2) is 30.9 Å². The molecule has 0 amide bonds. The first-order valence-corrected chi connectivity index (χ1v) is 9.39. The van der Waals surface area contributed by atoms with Gasteiger partial charge in [0.25, 0.3) is 0 Å². The third-order valence-corrected chi connectivity index (χ3v) is 5.00. The van der Waals surface area contributed by atoms with E-state index in [9.17, 15) is 19.6 Å². The molecule has 2 aromatic rings. The molecule has 0 bridgehead atoms. The molecule has 0 saturated heterocycles. The maximum atomic E-state index is 12.6. The van der Waals surface area contributed by atoms with Gasteiger partial charge < -0.3 is 13.9 Å². The Morgan fingerprint density at radius 2 is 1.89 bits per heavy atom. The summed E-state index contributed by atoms with van der Waals surface area (Å²) >= 11 is 0.996. The molecule has 0 atom stereocenters. The summed E-state index contributed by atoms with van der Waals surface area (Å²) < 4.78 is 15.2. The van der Waals surface area contributed by atoms with Crippen LogP contribution < -0.4 is 0 Å². The van der Waals surface area contributed by atoms with Crippen LogP contribution in [0.5, 0.6) is 0 Å². The van der Waals surface area contributed by atoms with Crippen molar-refractivity contribution in [2.75, 3.05) is 13.2 Å². The number of thiophene rings is 1. The second-order valence-electron chi connectivity index (χ2n) is 5.58. The van der Waals surface area contributed by atoms with E-state index in [4.69, 9.17) is 13.9 Å². The number of allylic oxidation sites excluding steroid dienone is 1. The van der Waals surface area contributed by atoms with Crippen LogP contribution in [0.3, 0.4) is 0 Å². The van der Waals surface area contributed by atoms with Crippen molar-refractivity contribution in [3.63, 3.8) is 0 Å². The van der Waals surface area contributed by atoms with Gasteiger partial charge in [0.2, 0.25) is 0 Å². The van der Waals surface area contributed by atoms with Crippen molar-refractivity contribution in [2.45, 2.75) is 27.2 Å². The molecule has 0 N–H and O–H groups in total. The highest BCUT2D eigenvalue weighted by Crippen LogP contribution is 2.31. The number of ether oxygens (including phenoxy) is 2. The lowest BCUT2D eigenvalue weighted by molar-refractivity contribution is -0.114. The number of Topliss-reactive ketones (excluding diaryl/α,β-unsaturated/α-hetero) is 1. The number of hydrogen-bond donors (Lipinski definition) is 0. The molecule has 0 fully saturated rings. The highest BCUT2D eigenvalue weighted by Gasteiger charge is 2.28. The lowest BCUT2D eigenvalue weighted by Crippen LogP contribution is -2.12. The average molecular weight is 401 g/mol. The standard InChI is InChI=1S/C20H19NO6S/c1-4-25-19(23)17-12(3)18(20(24)26-5-2)28-16(17)10-15(22)13(11-21)9-14-7-6-8-27-14/h6-9H,4-5,10H2,1-3H3. The number of rotatable bonds is 8. The molecule has 28 heavy (non-hydrogen) atoms. The Morgan fingerprint density at radius 3 is 2.46 bits per heavy atom. The Hall–Kier alpha value is -3.18. The van der Waals surface area contributed by atoms with Crippen molar-refractivity contribution in [3.05, 3.63) is 50.6 Å². The number of carbonyl (C=O) groups is 3. The Bertz CT molecular complexity index is 946. The van der Waals surface area contributed by atoms with Gasteiger partial charge in [-0.15, -0.1) is 11.3 Å². The second-order valence-corrected chi connectivity index (χ2v) is 6.69.